The summed E-state index contributed by atoms with van der Waals surface area (Å²) in [7, 11) is 0. The van der Waals surface area contributed by atoms with Crippen molar-refractivity contribution in [3.8, 4) is 0 Å². The van der Waals surface area contributed by atoms with Gasteiger partial charge in [0.05, 0.1) is 0 Å². The van der Waals surface area contributed by atoms with Crippen LogP contribution in [0.3, 0.4) is 0 Å². The van der Waals surface area contributed by atoms with Gasteiger partial charge in [-0.3, -0.25) is 0 Å². The molecule has 0 atom stereocenters. The lowest BCUT2D eigenvalue weighted by atomic mass is 10.1. The van der Waals surface area contributed by atoms with Gasteiger partial charge in [-0.25, -0.2) is 0 Å². The predicted octanol–water partition coefficient (Wildman–Crippen LogP) is 5.25. The van der Waals surface area contributed by atoms with Crippen molar-refractivity contribution in [3.63, 3.8) is 0 Å². The van der Waals surface area contributed by atoms with Gasteiger partial charge in [-0.15, -0.1) is 0 Å². The van der Waals surface area contributed by atoms with Crippen molar-refractivity contribution in [1.29, 1.82) is 0 Å². The molecule has 5 heteroatoms. The molecule has 0 fully saturated rings. The monoisotopic (exact) mass is 304 g/mol. The van der Waals surface area contributed by atoms with Crippen molar-refractivity contribution in [2.45, 2.75) is 21.5 Å². The third-order valence-electron chi connectivity index (χ3n) is 2.08. The van der Waals surface area contributed by atoms with E-state index < -0.39 is 8.13 Å². The fraction of sp³-hybridized carbons (Fsp3) is 0.400. The molecular weight excluding hydrogens is 297 g/mol. The number of hydrogen-bond acceptors (Lipinski definition) is 0. The fourth-order valence-corrected chi connectivity index (χ4v) is 1.69. The van der Waals surface area contributed by atoms with Crippen LogP contribution in [0.25, 0.3) is 0 Å². The van der Waals surface area contributed by atoms with Crippen molar-refractivity contribution >= 4 is 58.0 Å². The van der Waals surface area contributed by atoms with E-state index in [1.807, 2.05) is 12.1 Å². The van der Waals surface area contributed by atoms with Crippen molar-refractivity contribution in [1.82, 2.24) is 0 Å². The number of hydrogen-bond donors (Lipinski definition) is 0. The van der Waals surface area contributed by atoms with E-state index in [1.54, 1.807) is 12.1 Å². The standard InChI is InChI=1S/C10H9Cl5/c1-2-7-3-5-8(6-4-7)9(11,12)10(13,14)15/h3-6H,2H2,1H3. The van der Waals surface area contributed by atoms with Crippen LogP contribution >= 0.6 is 58.0 Å². The zero-order chi connectivity index (χ0) is 11.7. The largest absolute Gasteiger partial charge is 0.227 e. The van der Waals surface area contributed by atoms with E-state index >= 15 is 0 Å². The molecule has 15 heavy (non-hydrogen) atoms. The van der Waals surface area contributed by atoms with E-state index in [1.165, 1.54) is 5.56 Å². The molecule has 0 saturated heterocycles. The number of halogens is 5. The Morgan fingerprint density at radius 1 is 0.933 bits per heavy atom. The van der Waals surface area contributed by atoms with Gasteiger partial charge < -0.3 is 0 Å². The third-order valence-corrected chi connectivity index (χ3v) is 4.51. The van der Waals surface area contributed by atoms with Crippen molar-refractivity contribution in [3.05, 3.63) is 35.4 Å². The SMILES string of the molecule is CCc1ccc(C(Cl)(Cl)C(Cl)(Cl)Cl)cc1. The Bertz CT molecular complexity index is 323. The van der Waals surface area contributed by atoms with Crippen LogP contribution in [-0.4, -0.2) is 3.79 Å². The minimum atomic E-state index is -1.76. The van der Waals surface area contributed by atoms with Crippen LogP contribution in [0.1, 0.15) is 18.1 Å². The summed E-state index contributed by atoms with van der Waals surface area (Å²) in [6, 6.07) is 7.35. The smallest absolute Gasteiger partial charge is 0.0915 e. The third kappa shape index (κ3) is 3.08. The Hall–Kier alpha value is 0.670. The first-order valence-electron chi connectivity index (χ1n) is 4.33. The Labute approximate surface area is 114 Å². The number of aryl methyl sites for hydroxylation is 1. The number of alkyl halides is 5. The van der Waals surface area contributed by atoms with Crippen molar-refractivity contribution in [2.24, 2.45) is 0 Å². The summed E-state index contributed by atoms with van der Waals surface area (Å²) in [5.41, 5.74) is 1.75. The fourth-order valence-electron chi connectivity index (χ4n) is 1.11. The lowest BCUT2D eigenvalue weighted by Gasteiger charge is -2.27. The summed E-state index contributed by atoms with van der Waals surface area (Å²) in [6.07, 6.45) is 0.936. The predicted molar refractivity (Wildman–Crippen MR) is 69.5 cm³/mol. The van der Waals surface area contributed by atoms with Gasteiger partial charge in [-0.2, -0.15) is 0 Å². The minimum absolute atomic E-state index is 0.572. The molecule has 0 bridgehead atoms. The molecule has 84 valence electrons. The quantitative estimate of drug-likeness (QED) is 0.655. The lowest BCUT2D eigenvalue weighted by Crippen LogP contribution is -2.28. The van der Waals surface area contributed by atoms with Crippen LogP contribution in [0.15, 0.2) is 24.3 Å². The summed E-state index contributed by atoms with van der Waals surface area (Å²) in [5.74, 6) is 0. The highest BCUT2D eigenvalue weighted by atomic mass is 35.6. The van der Waals surface area contributed by atoms with Crippen LogP contribution in [0.4, 0.5) is 0 Å². The van der Waals surface area contributed by atoms with Gasteiger partial charge in [0.25, 0.3) is 0 Å². The average molecular weight is 306 g/mol. The molecule has 0 amide bonds. The normalized spacial score (nSPS) is 12.9. The molecule has 0 aliphatic rings. The number of rotatable bonds is 2. The van der Waals surface area contributed by atoms with Crippen LogP contribution in [0.5, 0.6) is 0 Å². The maximum atomic E-state index is 6.00. The topological polar surface area (TPSA) is 0 Å². The van der Waals surface area contributed by atoms with Gasteiger partial charge in [0.2, 0.25) is 3.79 Å². The summed E-state index contributed by atoms with van der Waals surface area (Å²) in [4.78, 5) is 0. The second kappa shape index (κ2) is 4.89. The molecule has 0 aromatic heterocycles. The summed E-state index contributed by atoms with van der Waals surface area (Å²) in [6.45, 7) is 2.05. The van der Waals surface area contributed by atoms with E-state index in [4.69, 9.17) is 58.0 Å². The minimum Gasteiger partial charge on any atom is -0.0915 e. The molecule has 0 N–H and O–H groups in total. The molecule has 0 spiro atoms. The molecule has 0 unspecified atom stereocenters. The lowest BCUT2D eigenvalue weighted by molar-refractivity contribution is 0.876. The molecule has 1 aromatic rings. The molecule has 0 aliphatic heterocycles. The molecule has 0 radical (unpaired) electrons. The van der Waals surface area contributed by atoms with E-state index in [2.05, 4.69) is 6.92 Å². The van der Waals surface area contributed by atoms with Gasteiger partial charge in [0, 0.05) is 0 Å². The molecule has 0 saturated carbocycles. The molecule has 1 aromatic carbocycles. The van der Waals surface area contributed by atoms with E-state index in [9.17, 15) is 0 Å². The van der Waals surface area contributed by atoms with Crippen molar-refractivity contribution in [2.75, 3.05) is 0 Å². The molecule has 0 nitrogen and oxygen atoms in total. The van der Waals surface area contributed by atoms with Crippen LogP contribution in [0.2, 0.25) is 0 Å². The molecule has 1 rings (SSSR count). The first-order chi connectivity index (χ1) is 6.79. The van der Waals surface area contributed by atoms with Gasteiger partial charge in [-0.05, 0) is 17.5 Å². The number of benzene rings is 1. The summed E-state index contributed by atoms with van der Waals surface area (Å²) in [5, 5.41) is 0. The summed E-state index contributed by atoms with van der Waals surface area (Å²) >= 11 is 29.1. The average Bonchev–Trinajstić information content (AvgIpc) is 2.16. The first kappa shape index (κ1) is 13.7. The van der Waals surface area contributed by atoms with Gasteiger partial charge in [-0.1, -0.05) is 89.2 Å². The Morgan fingerprint density at radius 2 is 1.40 bits per heavy atom. The molecular formula is C10H9Cl5. The summed E-state index contributed by atoms with van der Waals surface area (Å²) < 4.78 is -3.30. The Balaban J connectivity index is 3.06. The van der Waals surface area contributed by atoms with Gasteiger partial charge in [0.15, 0.2) is 4.33 Å². The van der Waals surface area contributed by atoms with Gasteiger partial charge in [0.1, 0.15) is 0 Å². The zero-order valence-electron chi connectivity index (χ0n) is 7.91. The van der Waals surface area contributed by atoms with E-state index in [0.29, 0.717) is 5.56 Å². The molecule has 0 aliphatic carbocycles. The second-order valence-corrected chi connectivity index (χ2v) is 6.73. The molecule has 0 heterocycles. The van der Waals surface area contributed by atoms with Crippen LogP contribution < -0.4 is 0 Å². The van der Waals surface area contributed by atoms with Crippen LogP contribution in [0, 0.1) is 0 Å². The first-order valence-corrected chi connectivity index (χ1v) is 6.22. The van der Waals surface area contributed by atoms with Crippen LogP contribution in [-0.2, 0) is 10.8 Å². The second-order valence-electron chi connectivity index (χ2n) is 3.12. The van der Waals surface area contributed by atoms with E-state index in [-0.39, 0.29) is 0 Å². The maximum Gasteiger partial charge on any atom is 0.227 e. The highest BCUT2D eigenvalue weighted by molar-refractivity contribution is 6.75. The van der Waals surface area contributed by atoms with E-state index in [0.717, 1.165) is 6.42 Å². The van der Waals surface area contributed by atoms with Crippen molar-refractivity contribution < 1.29 is 0 Å². The highest BCUT2D eigenvalue weighted by Crippen LogP contribution is 2.52. The maximum absolute atomic E-state index is 6.00. The Morgan fingerprint density at radius 3 is 1.73 bits per heavy atom. The highest BCUT2D eigenvalue weighted by Gasteiger charge is 2.47. The Kier molecular flexibility index (Phi) is 4.48. The zero-order valence-corrected chi connectivity index (χ0v) is 11.7. The van der Waals surface area contributed by atoms with Gasteiger partial charge >= 0.3 is 0 Å².